The van der Waals surface area contributed by atoms with Crippen molar-refractivity contribution in [3.63, 3.8) is 0 Å². The minimum atomic E-state index is 0.947. The maximum atomic E-state index is 3.38. The first-order valence-corrected chi connectivity index (χ1v) is 5.86. The second kappa shape index (κ2) is 6.64. The third kappa shape index (κ3) is 3.95. The van der Waals surface area contributed by atoms with Crippen LogP contribution in [0.15, 0.2) is 12.1 Å². The lowest BCUT2D eigenvalue weighted by Gasteiger charge is -1.98. The van der Waals surface area contributed by atoms with Gasteiger partial charge in [-0.25, -0.2) is 0 Å². The van der Waals surface area contributed by atoms with Crippen molar-refractivity contribution in [3.8, 4) is 11.8 Å². The molecule has 76 valence electrons. The molecule has 1 aromatic rings. The van der Waals surface area contributed by atoms with E-state index in [4.69, 9.17) is 0 Å². The van der Waals surface area contributed by atoms with E-state index < -0.39 is 0 Å². The minimum Gasteiger partial charge on any atom is -0.311 e. The summed E-state index contributed by atoms with van der Waals surface area (Å²) in [5.41, 5.74) is 0. The van der Waals surface area contributed by atoms with Crippen LogP contribution in [0.25, 0.3) is 0 Å². The van der Waals surface area contributed by atoms with E-state index in [0.717, 1.165) is 25.9 Å². The fraction of sp³-hybridized carbons (Fsp3) is 0.500. The van der Waals surface area contributed by atoms with Crippen molar-refractivity contribution < 1.29 is 0 Å². The summed E-state index contributed by atoms with van der Waals surface area (Å²) in [6, 6.07) is 4.43. The van der Waals surface area contributed by atoms with E-state index in [9.17, 15) is 0 Å². The third-order valence-electron chi connectivity index (χ3n) is 1.97. The van der Waals surface area contributed by atoms with Crippen molar-refractivity contribution in [2.75, 3.05) is 6.54 Å². The van der Waals surface area contributed by atoms with Crippen molar-refractivity contribution in [1.29, 1.82) is 0 Å². The Bertz CT molecular complexity index is 317. The van der Waals surface area contributed by atoms with Gasteiger partial charge in [0.2, 0.25) is 0 Å². The minimum absolute atomic E-state index is 0.947. The highest BCUT2D eigenvalue weighted by Crippen LogP contribution is 2.16. The summed E-state index contributed by atoms with van der Waals surface area (Å²) in [6.45, 7) is 6.04. The van der Waals surface area contributed by atoms with E-state index >= 15 is 0 Å². The number of thiophene rings is 1. The Labute approximate surface area is 90.5 Å². The van der Waals surface area contributed by atoms with Crippen LogP contribution >= 0.6 is 11.3 Å². The average molecular weight is 207 g/mol. The van der Waals surface area contributed by atoms with E-state index in [-0.39, 0.29) is 0 Å². The molecule has 1 nitrogen and oxygen atoms in total. The molecule has 0 aliphatic heterocycles. The standard InChI is InChI=1S/C12H17NS/c1-3-5-6-9-13-10-12-8-7-11(4-2)14-12/h7-8,13H,4,6,9-10H2,1-2H3. The quantitative estimate of drug-likeness (QED) is 0.578. The van der Waals surface area contributed by atoms with Crippen molar-refractivity contribution >= 4 is 11.3 Å². The zero-order valence-electron chi connectivity index (χ0n) is 8.89. The van der Waals surface area contributed by atoms with Crippen molar-refractivity contribution in [2.45, 2.75) is 33.2 Å². The predicted octanol–water partition coefficient (Wildman–Crippen LogP) is 2.81. The van der Waals surface area contributed by atoms with Gasteiger partial charge in [0.15, 0.2) is 0 Å². The lowest BCUT2D eigenvalue weighted by atomic mass is 10.3. The van der Waals surface area contributed by atoms with Crippen LogP contribution in [0.5, 0.6) is 0 Å². The molecular formula is C12H17NS. The average Bonchev–Trinajstić information content (AvgIpc) is 2.65. The van der Waals surface area contributed by atoms with Gasteiger partial charge in [-0.2, -0.15) is 0 Å². The lowest BCUT2D eigenvalue weighted by Crippen LogP contribution is -2.13. The molecule has 1 N–H and O–H groups in total. The summed E-state index contributed by atoms with van der Waals surface area (Å²) in [4.78, 5) is 2.89. The van der Waals surface area contributed by atoms with Gasteiger partial charge in [-0.15, -0.1) is 23.2 Å². The highest BCUT2D eigenvalue weighted by Gasteiger charge is 1.96. The van der Waals surface area contributed by atoms with Gasteiger partial charge in [0, 0.05) is 29.3 Å². The maximum Gasteiger partial charge on any atom is 0.0300 e. The topological polar surface area (TPSA) is 12.0 Å². The van der Waals surface area contributed by atoms with Crippen LogP contribution in [0.2, 0.25) is 0 Å². The molecule has 0 radical (unpaired) electrons. The van der Waals surface area contributed by atoms with Crippen LogP contribution in [0.4, 0.5) is 0 Å². The van der Waals surface area contributed by atoms with Crippen LogP contribution < -0.4 is 5.32 Å². The molecule has 0 saturated heterocycles. The lowest BCUT2D eigenvalue weighted by molar-refractivity contribution is 0.708. The second-order valence-corrected chi connectivity index (χ2v) is 4.33. The molecule has 0 aliphatic carbocycles. The molecule has 0 amide bonds. The molecule has 0 fully saturated rings. The zero-order valence-corrected chi connectivity index (χ0v) is 9.71. The fourth-order valence-electron chi connectivity index (χ4n) is 1.19. The van der Waals surface area contributed by atoms with Crippen LogP contribution in [0, 0.1) is 11.8 Å². The van der Waals surface area contributed by atoms with Crippen molar-refractivity contribution in [1.82, 2.24) is 5.32 Å². The summed E-state index contributed by atoms with van der Waals surface area (Å²) in [6.07, 6.45) is 2.09. The van der Waals surface area contributed by atoms with Crippen LogP contribution in [0.1, 0.15) is 30.0 Å². The first-order chi connectivity index (χ1) is 6.86. The molecule has 1 heterocycles. The van der Waals surface area contributed by atoms with Crippen LogP contribution in [0.3, 0.4) is 0 Å². The highest BCUT2D eigenvalue weighted by molar-refractivity contribution is 7.11. The number of rotatable bonds is 5. The summed E-state index contributed by atoms with van der Waals surface area (Å²) in [5.74, 6) is 5.93. The van der Waals surface area contributed by atoms with Gasteiger partial charge < -0.3 is 5.32 Å². The molecule has 14 heavy (non-hydrogen) atoms. The largest absolute Gasteiger partial charge is 0.311 e. The van der Waals surface area contributed by atoms with Gasteiger partial charge in [0.25, 0.3) is 0 Å². The molecule has 1 aromatic heterocycles. The van der Waals surface area contributed by atoms with E-state index in [1.807, 2.05) is 18.3 Å². The summed E-state index contributed by atoms with van der Waals surface area (Å²) < 4.78 is 0. The SMILES string of the molecule is CC#CCCNCc1ccc(CC)s1. The predicted molar refractivity (Wildman–Crippen MR) is 63.5 cm³/mol. The molecule has 0 atom stereocenters. The zero-order chi connectivity index (χ0) is 10.2. The maximum absolute atomic E-state index is 3.38. The van der Waals surface area contributed by atoms with Crippen LogP contribution in [-0.4, -0.2) is 6.54 Å². The van der Waals surface area contributed by atoms with Gasteiger partial charge in [0.05, 0.1) is 0 Å². The molecule has 0 spiro atoms. The Morgan fingerprint density at radius 3 is 2.79 bits per heavy atom. The van der Waals surface area contributed by atoms with E-state index in [0.29, 0.717) is 0 Å². The Kier molecular flexibility index (Phi) is 5.36. The van der Waals surface area contributed by atoms with Crippen LogP contribution in [-0.2, 0) is 13.0 Å². The first-order valence-electron chi connectivity index (χ1n) is 5.04. The molecule has 0 aliphatic rings. The Morgan fingerprint density at radius 2 is 2.14 bits per heavy atom. The van der Waals surface area contributed by atoms with Gasteiger partial charge in [-0.3, -0.25) is 0 Å². The summed E-state index contributed by atoms with van der Waals surface area (Å²) in [7, 11) is 0. The summed E-state index contributed by atoms with van der Waals surface area (Å²) in [5, 5.41) is 3.38. The van der Waals surface area contributed by atoms with Gasteiger partial charge in [-0.1, -0.05) is 6.92 Å². The summed E-state index contributed by atoms with van der Waals surface area (Å²) >= 11 is 1.90. The molecule has 0 saturated carbocycles. The number of hydrogen-bond acceptors (Lipinski definition) is 2. The molecule has 1 rings (SSSR count). The third-order valence-corrected chi connectivity index (χ3v) is 3.20. The fourth-order valence-corrected chi connectivity index (χ4v) is 2.12. The van der Waals surface area contributed by atoms with Crippen molar-refractivity contribution in [2.24, 2.45) is 0 Å². The Morgan fingerprint density at radius 1 is 1.36 bits per heavy atom. The monoisotopic (exact) mass is 207 g/mol. The number of aryl methyl sites for hydroxylation is 1. The van der Waals surface area contributed by atoms with Gasteiger partial charge in [0.1, 0.15) is 0 Å². The van der Waals surface area contributed by atoms with Crippen molar-refractivity contribution in [3.05, 3.63) is 21.9 Å². The Balaban J connectivity index is 2.20. The highest BCUT2D eigenvalue weighted by atomic mass is 32.1. The number of nitrogens with one attached hydrogen (secondary N) is 1. The van der Waals surface area contributed by atoms with Gasteiger partial charge >= 0.3 is 0 Å². The van der Waals surface area contributed by atoms with E-state index in [1.165, 1.54) is 9.75 Å². The molecule has 0 bridgehead atoms. The molecule has 0 unspecified atom stereocenters. The molecular weight excluding hydrogens is 190 g/mol. The normalized spacial score (nSPS) is 9.57. The van der Waals surface area contributed by atoms with Gasteiger partial charge in [-0.05, 0) is 25.5 Å². The Hall–Kier alpha value is -0.780. The first kappa shape index (κ1) is 11.3. The molecule has 0 aromatic carbocycles. The smallest absolute Gasteiger partial charge is 0.0300 e. The van der Waals surface area contributed by atoms with E-state index in [1.54, 1.807) is 0 Å². The second-order valence-electron chi connectivity index (χ2n) is 3.08. The van der Waals surface area contributed by atoms with E-state index in [2.05, 4.69) is 36.2 Å². The molecule has 2 heteroatoms. The number of hydrogen-bond donors (Lipinski definition) is 1.